The number of likely N-dealkylation sites (N-methyl/N-ethyl adjacent to an activating group) is 1. The number of likely N-dealkylation sites (tertiary alicyclic amines) is 1. The number of hydrogen-bond donors (Lipinski definition) is 0. The van der Waals surface area contributed by atoms with Crippen LogP contribution in [0, 0.1) is 5.92 Å². The molecule has 42 heavy (non-hydrogen) atoms. The molecule has 1 amide bonds. The van der Waals surface area contributed by atoms with Crippen LogP contribution in [0.1, 0.15) is 44.9 Å². The molecule has 1 aromatic heterocycles. The first-order chi connectivity index (χ1) is 20.2. The summed E-state index contributed by atoms with van der Waals surface area (Å²) in [5, 5.41) is 2.50. The third-order valence-corrected chi connectivity index (χ3v) is 9.55. The number of rotatable bonds is 6. The van der Waals surface area contributed by atoms with Crippen molar-refractivity contribution >= 4 is 28.2 Å². The van der Waals surface area contributed by atoms with Gasteiger partial charge < -0.3 is 19.4 Å². The van der Waals surface area contributed by atoms with Crippen LogP contribution < -0.4 is 14.5 Å². The summed E-state index contributed by atoms with van der Waals surface area (Å²) in [6.45, 7) is 15.6. The number of carbonyl (C=O) groups excluding carboxylic acids is 1. The zero-order valence-electron chi connectivity index (χ0n) is 25.6. The molecule has 1 unspecified atom stereocenters. The second-order valence-electron chi connectivity index (χ2n) is 12.8. The van der Waals surface area contributed by atoms with Gasteiger partial charge in [-0.15, -0.1) is 0 Å². The molecule has 3 aliphatic heterocycles. The summed E-state index contributed by atoms with van der Waals surface area (Å²) >= 11 is 0. The number of nitrogens with zero attached hydrogens (tertiary/aromatic N) is 6. The van der Waals surface area contributed by atoms with Crippen molar-refractivity contribution < 1.29 is 9.53 Å². The van der Waals surface area contributed by atoms with Crippen LogP contribution in [0.4, 0.5) is 11.5 Å². The van der Waals surface area contributed by atoms with Crippen molar-refractivity contribution in [2.24, 2.45) is 5.92 Å². The number of piperazine rings is 1. The summed E-state index contributed by atoms with van der Waals surface area (Å²) in [4.78, 5) is 31.8. The van der Waals surface area contributed by atoms with Gasteiger partial charge in [0.05, 0.1) is 17.8 Å². The Morgan fingerprint density at radius 1 is 1.10 bits per heavy atom. The average molecular weight is 569 g/mol. The van der Waals surface area contributed by atoms with Gasteiger partial charge in [0, 0.05) is 48.9 Å². The Hall–Kier alpha value is -3.65. The Bertz CT molecular complexity index is 1460. The van der Waals surface area contributed by atoms with Crippen molar-refractivity contribution in [2.45, 2.75) is 58.2 Å². The molecule has 0 saturated carbocycles. The quantitative estimate of drug-likeness (QED) is 0.392. The van der Waals surface area contributed by atoms with E-state index in [1.807, 2.05) is 4.90 Å². The van der Waals surface area contributed by atoms with Crippen LogP contribution in [0.2, 0.25) is 0 Å². The molecule has 2 saturated heterocycles. The monoisotopic (exact) mass is 568 g/mol. The topological polar surface area (TPSA) is 65.0 Å². The normalized spacial score (nSPS) is 22.6. The Morgan fingerprint density at radius 3 is 2.69 bits per heavy atom. The first-order valence-corrected chi connectivity index (χ1v) is 15.4. The molecule has 8 heteroatoms. The lowest BCUT2D eigenvalue weighted by Crippen LogP contribution is -2.61. The van der Waals surface area contributed by atoms with Crippen LogP contribution in [-0.2, 0) is 17.8 Å². The molecule has 4 heterocycles. The molecular formula is C34H44N6O2. The number of piperidine rings is 1. The number of fused-ring (bicyclic) bond motifs is 2. The zero-order valence-corrected chi connectivity index (χ0v) is 25.6. The Kier molecular flexibility index (Phi) is 7.83. The fourth-order valence-corrected chi connectivity index (χ4v) is 7.14. The van der Waals surface area contributed by atoms with E-state index in [9.17, 15) is 4.79 Å². The van der Waals surface area contributed by atoms with Gasteiger partial charge in [-0.3, -0.25) is 9.69 Å². The van der Waals surface area contributed by atoms with Gasteiger partial charge in [0.15, 0.2) is 0 Å². The molecule has 3 aliphatic rings. The van der Waals surface area contributed by atoms with Gasteiger partial charge in [-0.05, 0) is 70.1 Å². The minimum atomic E-state index is -0.304. The fourth-order valence-electron chi connectivity index (χ4n) is 7.14. The number of anilines is 2. The SMILES string of the molecule is C=CC(=O)N1CCN(c2nc(OC[C@@H]3C(C)CCCN3C)nc3c2CCN(c2cccc4ccccc24)C3)C(C)(C)C1. The molecular weight excluding hydrogens is 524 g/mol. The molecule has 0 spiro atoms. The molecule has 6 rings (SSSR count). The van der Waals surface area contributed by atoms with E-state index in [0.717, 1.165) is 31.0 Å². The Morgan fingerprint density at radius 2 is 1.90 bits per heavy atom. The lowest BCUT2D eigenvalue weighted by atomic mass is 9.92. The smallest absolute Gasteiger partial charge is 0.318 e. The highest BCUT2D eigenvalue weighted by atomic mass is 16.5. The van der Waals surface area contributed by atoms with E-state index >= 15 is 0 Å². The average Bonchev–Trinajstić information content (AvgIpc) is 2.99. The van der Waals surface area contributed by atoms with Crippen molar-refractivity contribution in [1.82, 2.24) is 19.8 Å². The molecule has 0 radical (unpaired) electrons. The van der Waals surface area contributed by atoms with Crippen molar-refractivity contribution in [3.05, 3.63) is 66.4 Å². The van der Waals surface area contributed by atoms with Crippen LogP contribution >= 0.6 is 0 Å². The van der Waals surface area contributed by atoms with Crippen LogP contribution in [0.3, 0.4) is 0 Å². The molecule has 0 aliphatic carbocycles. The number of hydrogen-bond acceptors (Lipinski definition) is 7. The van der Waals surface area contributed by atoms with Crippen molar-refractivity contribution in [3.63, 3.8) is 0 Å². The highest BCUT2D eigenvalue weighted by Crippen LogP contribution is 2.37. The molecule has 0 N–H and O–H groups in total. The highest BCUT2D eigenvalue weighted by molar-refractivity contribution is 5.94. The number of amides is 1. The predicted octanol–water partition coefficient (Wildman–Crippen LogP) is 4.91. The largest absolute Gasteiger partial charge is 0.462 e. The highest BCUT2D eigenvalue weighted by Gasteiger charge is 2.39. The minimum absolute atomic E-state index is 0.0204. The van der Waals surface area contributed by atoms with Gasteiger partial charge in [-0.2, -0.15) is 9.97 Å². The zero-order chi connectivity index (χ0) is 29.4. The van der Waals surface area contributed by atoms with E-state index < -0.39 is 0 Å². The van der Waals surface area contributed by atoms with E-state index in [-0.39, 0.29) is 11.4 Å². The van der Waals surface area contributed by atoms with E-state index in [4.69, 9.17) is 14.7 Å². The van der Waals surface area contributed by atoms with Crippen LogP contribution in [0.25, 0.3) is 10.8 Å². The van der Waals surface area contributed by atoms with Gasteiger partial charge in [-0.25, -0.2) is 0 Å². The first kappa shape index (κ1) is 28.5. The third-order valence-electron chi connectivity index (χ3n) is 9.55. The van der Waals surface area contributed by atoms with E-state index in [1.165, 1.54) is 40.9 Å². The summed E-state index contributed by atoms with van der Waals surface area (Å²) in [5.74, 6) is 1.50. The maximum atomic E-state index is 12.5. The summed E-state index contributed by atoms with van der Waals surface area (Å²) in [5.41, 5.74) is 3.15. The number of benzene rings is 2. The van der Waals surface area contributed by atoms with E-state index in [0.29, 0.717) is 50.8 Å². The first-order valence-electron chi connectivity index (χ1n) is 15.4. The Balaban J connectivity index is 1.35. The van der Waals surface area contributed by atoms with Crippen molar-refractivity contribution in [1.29, 1.82) is 0 Å². The van der Waals surface area contributed by atoms with Crippen LogP contribution in [0.5, 0.6) is 6.01 Å². The van der Waals surface area contributed by atoms with Crippen LogP contribution in [0.15, 0.2) is 55.1 Å². The summed E-state index contributed by atoms with van der Waals surface area (Å²) < 4.78 is 6.45. The van der Waals surface area contributed by atoms with Crippen molar-refractivity contribution in [3.8, 4) is 6.01 Å². The maximum absolute atomic E-state index is 12.5. The lowest BCUT2D eigenvalue weighted by molar-refractivity contribution is -0.127. The van der Waals surface area contributed by atoms with Gasteiger partial charge in [0.1, 0.15) is 12.4 Å². The van der Waals surface area contributed by atoms with E-state index in [1.54, 1.807) is 0 Å². The summed E-state index contributed by atoms with van der Waals surface area (Å²) in [6.07, 6.45) is 4.71. The van der Waals surface area contributed by atoms with Gasteiger partial charge >= 0.3 is 6.01 Å². The van der Waals surface area contributed by atoms with E-state index in [2.05, 4.69) is 91.6 Å². The molecule has 222 valence electrons. The molecule has 2 aromatic carbocycles. The standard InChI is InChI=1S/C34H44N6O2/c1-6-31(41)39-19-20-40(34(3,4)23-39)32-27-16-18-38(29-15-9-13-25-12-7-8-14-26(25)29)21-28(27)35-33(36-32)42-22-30-24(2)11-10-17-37(30)5/h6-9,12-15,24,30H,1,10-11,16-23H2,2-5H3/t24?,30-/m1/s1. The van der Waals surface area contributed by atoms with Gasteiger partial charge in [0.25, 0.3) is 0 Å². The van der Waals surface area contributed by atoms with Crippen molar-refractivity contribution in [2.75, 3.05) is 56.2 Å². The third kappa shape index (κ3) is 5.44. The molecule has 0 bridgehead atoms. The maximum Gasteiger partial charge on any atom is 0.318 e. The van der Waals surface area contributed by atoms with Gasteiger partial charge in [-0.1, -0.05) is 49.9 Å². The minimum Gasteiger partial charge on any atom is -0.462 e. The second kappa shape index (κ2) is 11.6. The number of carbonyl (C=O) groups is 1. The lowest BCUT2D eigenvalue weighted by Gasteiger charge is -2.48. The number of ether oxygens (including phenoxy) is 1. The van der Waals surface area contributed by atoms with Gasteiger partial charge in [0.2, 0.25) is 5.91 Å². The molecule has 8 nitrogen and oxygen atoms in total. The summed E-state index contributed by atoms with van der Waals surface area (Å²) in [7, 11) is 2.19. The summed E-state index contributed by atoms with van der Waals surface area (Å²) in [6, 6.07) is 15.9. The fraction of sp³-hybridized carbons (Fsp3) is 0.500. The number of aromatic nitrogens is 2. The Labute approximate surface area is 250 Å². The molecule has 2 fully saturated rings. The molecule has 2 atom stereocenters. The predicted molar refractivity (Wildman–Crippen MR) is 169 cm³/mol. The second-order valence-corrected chi connectivity index (χ2v) is 12.8. The van der Waals surface area contributed by atoms with Crippen LogP contribution in [-0.4, -0.2) is 83.6 Å². The molecule has 3 aromatic rings.